The molecule has 1 aliphatic heterocycles. The van der Waals surface area contributed by atoms with Crippen molar-refractivity contribution in [2.24, 2.45) is 5.73 Å². The Morgan fingerprint density at radius 3 is 2.77 bits per heavy atom. The Morgan fingerprint density at radius 2 is 2.38 bits per heavy atom. The van der Waals surface area contributed by atoms with Crippen LogP contribution in [0.25, 0.3) is 0 Å². The fourth-order valence-electron chi connectivity index (χ4n) is 1.37. The first-order chi connectivity index (χ1) is 6.02. The van der Waals surface area contributed by atoms with Gasteiger partial charge in [-0.1, -0.05) is 0 Å². The predicted octanol–water partition coefficient (Wildman–Crippen LogP) is -0.687. The van der Waals surface area contributed by atoms with E-state index in [9.17, 15) is 9.00 Å². The summed E-state index contributed by atoms with van der Waals surface area (Å²) in [6.45, 7) is 2.62. The van der Waals surface area contributed by atoms with E-state index in [0.29, 0.717) is 12.3 Å². The molecule has 0 aliphatic carbocycles. The maximum absolute atomic E-state index is 11.2. The van der Waals surface area contributed by atoms with Gasteiger partial charge in [0.25, 0.3) is 0 Å². The van der Waals surface area contributed by atoms with Crippen molar-refractivity contribution in [3.63, 3.8) is 0 Å². The smallest absolute Gasteiger partial charge is 0.241 e. The second-order valence-corrected chi connectivity index (χ2v) is 5.07. The lowest BCUT2D eigenvalue weighted by molar-refractivity contribution is -0.145. The number of hydrogen-bond donors (Lipinski definition) is 1. The van der Waals surface area contributed by atoms with Crippen LogP contribution >= 0.6 is 0 Å². The number of β-lactam (4-membered cyclic amide) rings is 1. The predicted molar refractivity (Wildman–Crippen MR) is 52.7 cm³/mol. The van der Waals surface area contributed by atoms with E-state index in [0.717, 1.165) is 6.42 Å². The van der Waals surface area contributed by atoms with Crippen LogP contribution < -0.4 is 5.73 Å². The molecule has 1 rings (SSSR count). The number of carbonyl (C=O) groups excluding carboxylic acids is 1. The lowest BCUT2D eigenvalue weighted by Crippen LogP contribution is -2.63. The van der Waals surface area contributed by atoms with Crippen LogP contribution in [0.1, 0.15) is 13.3 Å². The van der Waals surface area contributed by atoms with Crippen LogP contribution in [0.3, 0.4) is 0 Å². The van der Waals surface area contributed by atoms with Crippen LogP contribution in [0.4, 0.5) is 0 Å². The zero-order valence-electron chi connectivity index (χ0n) is 8.03. The maximum atomic E-state index is 11.2. The molecule has 1 saturated heterocycles. The normalized spacial score (nSPS) is 26.8. The summed E-state index contributed by atoms with van der Waals surface area (Å²) in [6.07, 6.45) is 2.47. The molecular weight excluding hydrogens is 188 g/mol. The summed E-state index contributed by atoms with van der Waals surface area (Å²) in [4.78, 5) is 12.9. The zero-order chi connectivity index (χ0) is 10.0. The Bertz CT molecular complexity index is 232. The van der Waals surface area contributed by atoms with Crippen molar-refractivity contribution in [1.29, 1.82) is 0 Å². The van der Waals surface area contributed by atoms with Crippen LogP contribution in [0.5, 0.6) is 0 Å². The van der Waals surface area contributed by atoms with Gasteiger partial charge >= 0.3 is 0 Å². The van der Waals surface area contributed by atoms with Gasteiger partial charge in [0.2, 0.25) is 5.91 Å². The first kappa shape index (κ1) is 10.7. The molecule has 3 unspecified atom stereocenters. The van der Waals surface area contributed by atoms with Crippen LogP contribution in [0.2, 0.25) is 0 Å². The van der Waals surface area contributed by atoms with E-state index in [1.165, 1.54) is 0 Å². The Kier molecular flexibility index (Phi) is 3.44. The van der Waals surface area contributed by atoms with Gasteiger partial charge in [0.1, 0.15) is 6.04 Å². The molecular formula is C8H16N2O2S. The molecule has 0 aromatic carbocycles. The van der Waals surface area contributed by atoms with Crippen LogP contribution in [-0.2, 0) is 15.6 Å². The van der Waals surface area contributed by atoms with Gasteiger partial charge in [-0.2, -0.15) is 0 Å². The molecule has 0 aromatic heterocycles. The van der Waals surface area contributed by atoms with Crippen molar-refractivity contribution < 1.29 is 9.00 Å². The Labute approximate surface area is 80.9 Å². The summed E-state index contributed by atoms with van der Waals surface area (Å²) in [5.41, 5.74) is 5.45. The average Bonchev–Trinajstić information content (AvgIpc) is 2.09. The van der Waals surface area contributed by atoms with Crippen molar-refractivity contribution in [2.75, 3.05) is 18.6 Å². The summed E-state index contributed by atoms with van der Waals surface area (Å²) in [6, 6.07) is -0.120. The van der Waals surface area contributed by atoms with Gasteiger partial charge in [0.15, 0.2) is 0 Å². The second kappa shape index (κ2) is 4.19. The molecule has 3 atom stereocenters. The minimum Gasteiger partial charge on any atom is -0.336 e. The highest BCUT2D eigenvalue weighted by Crippen LogP contribution is 2.14. The van der Waals surface area contributed by atoms with Crippen molar-refractivity contribution in [3.8, 4) is 0 Å². The summed E-state index contributed by atoms with van der Waals surface area (Å²) in [7, 11) is -0.770. The summed E-state index contributed by atoms with van der Waals surface area (Å²) in [5, 5.41) is 0. The average molecular weight is 204 g/mol. The van der Waals surface area contributed by atoms with E-state index in [1.807, 2.05) is 6.92 Å². The number of amides is 1. The number of nitrogens with zero attached hydrogens (tertiary/aromatic N) is 1. The SMILES string of the molecule is CC(CCS(C)=O)N1CC(N)C1=O. The minimum atomic E-state index is -0.770. The first-order valence-corrected chi connectivity index (χ1v) is 6.11. The number of nitrogens with two attached hydrogens (primary N) is 1. The van der Waals surface area contributed by atoms with Crippen molar-refractivity contribution in [2.45, 2.75) is 25.4 Å². The zero-order valence-corrected chi connectivity index (χ0v) is 8.84. The second-order valence-electron chi connectivity index (χ2n) is 3.51. The van der Waals surface area contributed by atoms with E-state index in [2.05, 4.69) is 0 Å². The largest absolute Gasteiger partial charge is 0.336 e. The molecule has 0 saturated carbocycles. The molecule has 1 fully saturated rings. The highest BCUT2D eigenvalue weighted by atomic mass is 32.2. The molecule has 4 nitrogen and oxygen atoms in total. The molecule has 1 amide bonds. The lowest BCUT2D eigenvalue weighted by atomic mass is 10.0. The minimum absolute atomic E-state index is 0.0226. The molecule has 5 heteroatoms. The van der Waals surface area contributed by atoms with Crippen molar-refractivity contribution in [3.05, 3.63) is 0 Å². The molecule has 76 valence electrons. The van der Waals surface area contributed by atoms with Gasteiger partial charge in [-0.3, -0.25) is 9.00 Å². The molecule has 13 heavy (non-hydrogen) atoms. The third kappa shape index (κ3) is 2.51. The molecule has 0 aromatic rings. The molecule has 1 heterocycles. The van der Waals surface area contributed by atoms with Gasteiger partial charge < -0.3 is 10.6 Å². The van der Waals surface area contributed by atoms with Gasteiger partial charge in [-0.15, -0.1) is 0 Å². The van der Waals surface area contributed by atoms with E-state index in [1.54, 1.807) is 11.2 Å². The van der Waals surface area contributed by atoms with Crippen LogP contribution in [0, 0.1) is 0 Å². The summed E-state index contributed by atoms with van der Waals surface area (Å²) >= 11 is 0. The number of rotatable bonds is 4. The summed E-state index contributed by atoms with van der Waals surface area (Å²) in [5.74, 6) is 0.676. The van der Waals surface area contributed by atoms with E-state index >= 15 is 0 Å². The van der Waals surface area contributed by atoms with Crippen molar-refractivity contribution in [1.82, 2.24) is 4.90 Å². The van der Waals surface area contributed by atoms with Gasteiger partial charge in [0.05, 0.1) is 0 Å². The van der Waals surface area contributed by atoms with Gasteiger partial charge in [-0.05, 0) is 13.3 Å². The molecule has 0 bridgehead atoms. The first-order valence-electron chi connectivity index (χ1n) is 4.38. The van der Waals surface area contributed by atoms with E-state index < -0.39 is 10.8 Å². The quantitative estimate of drug-likeness (QED) is 0.617. The maximum Gasteiger partial charge on any atom is 0.241 e. The van der Waals surface area contributed by atoms with E-state index in [-0.39, 0.29) is 18.0 Å². The van der Waals surface area contributed by atoms with Gasteiger partial charge in [-0.25, -0.2) is 0 Å². The number of carbonyl (C=O) groups is 1. The third-order valence-corrected chi connectivity index (χ3v) is 3.16. The Morgan fingerprint density at radius 1 is 1.77 bits per heavy atom. The molecule has 2 N–H and O–H groups in total. The van der Waals surface area contributed by atoms with Gasteiger partial charge in [0, 0.05) is 35.4 Å². The monoisotopic (exact) mass is 204 g/mol. The van der Waals surface area contributed by atoms with Crippen molar-refractivity contribution >= 4 is 16.7 Å². The highest BCUT2D eigenvalue weighted by molar-refractivity contribution is 7.84. The third-order valence-electron chi connectivity index (χ3n) is 2.35. The number of hydrogen-bond acceptors (Lipinski definition) is 3. The van der Waals surface area contributed by atoms with E-state index in [4.69, 9.17) is 5.73 Å². The Balaban J connectivity index is 2.29. The van der Waals surface area contributed by atoms with Crippen LogP contribution in [0.15, 0.2) is 0 Å². The molecule has 1 aliphatic rings. The number of likely N-dealkylation sites (tertiary alicyclic amines) is 1. The molecule has 0 spiro atoms. The molecule has 0 radical (unpaired) electrons. The standard InChI is InChI=1S/C8H16N2O2S/c1-6(3-4-13(2)12)10-5-7(9)8(10)11/h6-7H,3-5,9H2,1-2H3. The topological polar surface area (TPSA) is 63.4 Å². The van der Waals surface area contributed by atoms with Crippen LogP contribution in [-0.4, -0.2) is 45.7 Å². The highest BCUT2D eigenvalue weighted by Gasteiger charge is 2.36. The fourth-order valence-corrected chi connectivity index (χ4v) is 2.04. The Hall–Kier alpha value is -0.420. The summed E-state index contributed by atoms with van der Waals surface area (Å²) < 4.78 is 10.8. The fraction of sp³-hybridized carbons (Fsp3) is 0.875. The lowest BCUT2D eigenvalue weighted by Gasteiger charge is -2.40.